The Hall–Kier alpha value is -1.32. The molecule has 0 radical (unpaired) electrons. The number of nitrogens with one attached hydrogen (secondary N) is 2. The van der Waals surface area contributed by atoms with Crippen LogP contribution in [0.4, 0.5) is 11.6 Å². The molecule has 1 aliphatic carbocycles. The SMILES string of the molecule is CCNc1nc(C2CC2)nc(NC(C)C(C)C)c1C. The number of anilines is 2. The molecule has 1 heterocycles. The van der Waals surface area contributed by atoms with Crippen molar-refractivity contribution in [3.8, 4) is 0 Å². The highest BCUT2D eigenvalue weighted by atomic mass is 15.1. The van der Waals surface area contributed by atoms with Crippen LogP contribution < -0.4 is 10.6 Å². The van der Waals surface area contributed by atoms with Crippen molar-refractivity contribution in [3.63, 3.8) is 0 Å². The lowest BCUT2D eigenvalue weighted by Gasteiger charge is -2.21. The Morgan fingerprint density at radius 1 is 1.16 bits per heavy atom. The Balaban J connectivity index is 2.28. The summed E-state index contributed by atoms with van der Waals surface area (Å²) in [6.07, 6.45) is 2.46. The molecule has 4 nitrogen and oxygen atoms in total. The van der Waals surface area contributed by atoms with E-state index >= 15 is 0 Å². The van der Waals surface area contributed by atoms with E-state index in [1.165, 1.54) is 12.8 Å². The summed E-state index contributed by atoms with van der Waals surface area (Å²) >= 11 is 0. The van der Waals surface area contributed by atoms with Crippen molar-refractivity contribution in [2.75, 3.05) is 17.2 Å². The largest absolute Gasteiger partial charge is 0.370 e. The van der Waals surface area contributed by atoms with Crippen molar-refractivity contribution in [1.82, 2.24) is 9.97 Å². The molecule has 1 aliphatic rings. The Labute approximate surface area is 116 Å². The number of hydrogen-bond donors (Lipinski definition) is 2. The van der Waals surface area contributed by atoms with Crippen molar-refractivity contribution >= 4 is 11.6 Å². The van der Waals surface area contributed by atoms with Crippen LogP contribution in [-0.4, -0.2) is 22.6 Å². The Bertz CT molecular complexity index is 438. The number of rotatable bonds is 6. The van der Waals surface area contributed by atoms with Crippen molar-refractivity contribution in [2.24, 2.45) is 5.92 Å². The molecule has 0 bridgehead atoms. The van der Waals surface area contributed by atoms with E-state index in [0.717, 1.165) is 29.6 Å². The van der Waals surface area contributed by atoms with Crippen LogP contribution in [0.15, 0.2) is 0 Å². The first-order valence-corrected chi connectivity index (χ1v) is 7.41. The zero-order chi connectivity index (χ0) is 14.0. The van der Waals surface area contributed by atoms with Crippen LogP contribution in [0.3, 0.4) is 0 Å². The standard InChI is InChI=1S/C15H26N4/c1-6-16-13-10(4)14(17-11(5)9(2)3)19-15(18-13)12-7-8-12/h9,11-12H,6-8H2,1-5H3,(H2,16,17,18,19). The molecule has 1 aromatic heterocycles. The predicted molar refractivity (Wildman–Crippen MR) is 80.8 cm³/mol. The number of nitrogens with zero attached hydrogens (tertiary/aromatic N) is 2. The van der Waals surface area contributed by atoms with Gasteiger partial charge in [-0.2, -0.15) is 0 Å². The molecule has 0 aromatic carbocycles. The minimum Gasteiger partial charge on any atom is -0.370 e. The van der Waals surface area contributed by atoms with Gasteiger partial charge < -0.3 is 10.6 Å². The Kier molecular flexibility index (Phi) is 4.27. The van der Waals surface area contributed by atoms with Gasteiger partial charge in [-0.3, -0.25) is 0 Å². The molecule has 106 valence electrons. The summed E-state index contributed by atoms with van der Waals surface area (Å²) in [5.41, 5.74) is 1.12. The highest BCUT2D eigenvalue weighted by Crippen LogP contribution is 2.39. The second-order valence-electron chi connectivity index (χ2n) is 5.89. The van der Waals surface area contributed by atoms with Crippen LogP contribution in [0.5, 0.6) is 0 Å². The van der Waals surface area contributed by atoms with Gasteiger partial charge in [-0.15, -0.1) is 0 Å². The van der Waals surface area contributed by atoms with Gasteiger partial charge in [-0.1, -0.05) is 13.8 Å². The Morgan fingerprint density at radius 2 is 1.79 bits per heavy atom. The van der Waals surface area contributed by atoms with Gasteiger partial charge in [-0.25, -0.2) is 9.97 Å². The smallest absolute Gasteiger partial charge is 0.136 e. The van der Waals surface area contributed by atoms with Crippen LogP contribution in [-0.2, 0) is 0 Å². The van der Waals surface area contributed by atoms with Gasteiger partial charge in [0.2, 0.25) is 0 Å². The van der Waals surface area contributed by atoms with Crippen LogP contribution in [0.1, 0.15) is 57.8 Å². The van der Waals surface area contributed by atoms with Crippen molar-refractivity contribution in [2.45, 2.75) is 59.4 Å². The topological polar surface area (TPSA) is 49.8 Å². The summed E-state index contributed by atoms with van der Waals surface area (Å²) in [5.74, 6) is 4.14. The summed E-state index contributed by atoms with van der Waals surface area (Å²) in [5, 5.41) is 6.89. The number of hydrogen-bond acceptors (Lipinski definition) is 4. The zero-order valence-electron chi connectivity index (χ0n) is 12.7. The van der Waals surface area contributed by atoms with E-state index in [4.69, 9.17) is 4.98 Å². The van der Waals surface area contributed by atoms with Gasteiger partial charge in [0.1, 0.15) is 17.5 Å². The fraction of sp³-hybridized carbons (Fsp3) is 0.733. The van der Waals surface area contributed by atoms with Gasteiger partial charge in [0.25, 0.3) is 0 Å². The average molecular weight is 262 g/mol. The Morgan fingerprint density at radius 3 is 2.32 bits per heavy atom. The summed E-state index contributed by atoms with van der Waals surface area (Å²) in [6.45, 7) is 11.7. The normalized spacial score (nSPS) is 16.5. The summed E-state index contributed by atoms with van der Waals surface area (Å²) in [4.78, 5) is 9.41. The first-order chi connectivity index (χ1) is 9.02. The van der Waals surface area contributed by atoms with E-state index in [0.29, 0.717) is 17.9 Å². The van der Waals surface area contributed by atoms with E-state index in [-0.39, 0.29) is 0 Å². The van der Waals surface area contributed by atoms with Gasteiger partial charge >= 0.3 is 0 Å². The first kappa shape index (κ1) is 14.1. The minimum atomic E-state index is 0.412. The molecule has 2 N–H and O–H groups in total. The van der Waals surface area contributed by atoms with E-state index in [1.54, 1.807) is 0 Å². The van der Waals surface area contributed by atoms with Gasteiger partial charge in [0.05, 0.1) is 0 Å². The molecule has 19 heavy (non-hydrogen) atoms. The minimum absolute atomic E-state index is 0.412. The third-order valence-corrected chi connectivity index (χ3v) is 3.81. The number of aromatic nitrogens is 2. The lowest BCUT2D eigenvalue weighted by Crippen LogP contribution is -2.23. The van der Waals surface area contributed by atoms with E-state index in [1.807, 2.05) is 0 Å². The molecule has 0 spiro atoms. The summed E-state index contributed by atoms with van der Waals surface area (Å²) in [6, 6.07) is 0.412. The van der Waals surface area contributed by atoms with E-state index in [9.17, 15) is 0 Å². The van der Waals surface area contributed by atoms with Gasteiger partial charge in [-0.05, 0) is 39.5 Å². The van der Waals surface area contributed by atoms with Crippen LogP contribution in [0, 0.1) is 12.8 Å². The van der Waals surface area contributed by atoms with Crippen molar-refractivity contribution in [3.05, 3.63) is 11.4 Å². The second-order valence-corrected chi connectivity index (χ2v) is 5.89. The van der Waals surface area contributed by atoms with Gasteiger partial charge in [0, 0.05) is 24.1 Å². The first-order valence-electron chi connectivity index (χ1n) is 7.41. The molecule has 1 atom stereocenters. The van der Waals surface area contributed by atoms with Crippen molar-refractivity contribution < 1.29 is 0 Å². The lowest BCUT2D eigenvalue weighted by atomic mass is 10.1. The van der Waals surface area contributed by atoms with Gasteiger partial charge in [0.15, 0.2) is 0 Å². The fourth-order valence-corrected chi connectivity index (χ4v) is 1.92. The molecule has 0 saturated heterocycles. The maximum Gasteiger partial charge on any atom is 0.136 e. The molecule has 1 aromatic rings. The molecular formula is C15H26N4. The molecule has 1 saturated carbocycles. The van der Waals surface area contributed by atoms with Crippen LogP contribution in [0.2, 0.25) is 0 Å². The second kappa shape index (κ2) is 5.76. The monoisotopic (exact) mass is 262 g/mol. The molecule has 2 rings (SSSR count). The summed E-state index contributed by atoms with van der Waals surface area (Å²) < 4.78 is 0. The summed E-state index contributed by atoms with van der Waals surface area (Å²) in [7, 11) is 0. The van der Waals surface area contributed by atoms with Crippen LogP contribution >= 0.6 is 0 Å². The fourth-order valence-electron chi connectivity index (χ4n) is 1.92. The molecule has 0 amide bonds. The van der Waals surface area contributed by atoms with Crippen LogP contribution in [0.25, 0.3) is 0 Å². The molecule has 1 unspecified atom stereocenters. The lowest BCUT2D eigenvalue weighted by molar-refractivity contribution is 0.557. The highest BCUT2D eigenvalue weighted by molar-refractivity contribution is 5.58. The highest BCUT2D eigenvalue weighted by Gasteiger charge is 2.28. The predicted octanol–water partition coefficient (Wildman–Crippen LogP) is 3.55. The molecular weight excluding hydrogens is 236 g/mol. The maximum absolute atomic E-state index is 4.74. The molecule has 1 fully saturated rings. The average Bonchev–Trinajstić information content (AvgIpc) is 3.18. The maximum atomic E-state index is 4.74. The zero-order valence-corrected chi connectivity index (χ0v) is 12.7. The molecule has 4 heteroatoms. The quantitative estimate of drug-likeness (QED) is 0.823. The van der Waals surface area contributed by atoms with E-state index in [2.05, 4.69) is 50.2 Å². The third-order valence-electron chi connectivity index (χ3n) is 3.81. The van der Waals surface area contributed by atoms with E-state index < -0.39 is 0 Å². The van der Waals surface area contributed by atoms with Crippen molar-refractivity contribution in [1.29, 1.82) is 0 Å². The third kappa shape index (κ3) is 3.37. The molecule has 0 aliphatic heterocycles.